The molecule has 9 heteroatoms. The predicted molar refractivity (Wildman–Crippen MR) is 93.6 cm³/mol. The van der Waals surface area contributed by atoms with Crippen LogP contribution in [0, 0.1) is 13.8 Å². The Hall–Kier alpha value is -2.84. The summed E-state index contributed by atoms with van der Waals surface area (Å²) in [7, 11) is 0. The Morgan fingerprint density at radius 3 is 2.11 bits per heavy atom. The van der Waals surface area contributed by atoms with Gasteiger partial charge in [0.15, 0.2) is 0 Å². The normalized spacial score (nSPS) is 15.0. The molecule has 1 fully saturated rings. The average Bonchev–Trinajstić information content (AvgIpc) is 2.99. The molecule has 0 N–H and O–H groups in total. The number of hydrogen-bond donors (Lipinski definition) is 0. The molecular weight excluding hydrogens is 375 g/mol. The minimum atomic E-state index is -4.44. The minimum absolute atomic E-state index is 0.0731. The SMILES string of the molecule is Cc1noc(C)c1CC(=O)N1CCN(C(=O)c2ccc(C(F)(F)F)cc2)CC1. The van der Waals surface area contributed by atoms with Gasteiger partial charge in [0.25, 0.3) is 5.91 Å². The molecule has 0 unspecified atom stereocenters. The van der Waals surface area contributed by atoms with Gasteiger partial charge in [-0.3, -0.25) is 9.59 Å². The third kappa shape index (κ3) is 4.18. The Morgan fingerprint density at radius 1 is 1.04 bits per heavy atom. The maximum Gasteiger partial charge on any atom is 0.416 e. The second kappa shape index (κ2) is 7.65. The van der Waals surface area contributed by atoms with Crippen molar-refractivity contribution in [3.05, 3.63) is 52.4 Å². The van der Waals surface area contributed by atoms with Crippen molar-refractivity contribution in [3.63, 3.8) is 0 Å². The fourth-order valence-electron chi connectivity index (χ4n) is 3.16. The highest BCUT2D eigenvalue weighted by molar-refractivity contribution is 5.94. The fourth-order valence-corrected chi connectivity index (χ4v) is 3.16. The third-order valence-electron chi connectivity index (χ3n) is 4.89. The van der Waals surface area contributed by atoms with Crippen LogP contribution in [-0.4, -0.2) is 52.9 Å². The van der Waals surface area contributed by atoms with E-state index in [1.807, 2.05) is 0 Å². The molecule has 0 bridgehead atoms. The first-order chi connectivity index (χ1) is 13.2. The van der Waals surface area contributed by atoms with E-state index in [0.717, 1.165) is 17.7 Å². The van der Waals surface area contributed by atoms with Gasteiger partial charge < -0.3 is 14.3 Å². The van der Waals surface area contributed by atoms with Gasteiger partial charge in [0.1, 0.15) is 5.76 Å². The van der Waals surface area contributed by atoms with Gasteiger partial charge in [0.05, 0.1) is 17.7 Å². The van der Waals surface area contributed by atoms with Crippen LogP contribution in [0.4, 0.5) is 13.2 Å². The first-order valence-corrected chi connectivity index (χ1v) is 8.83. The highest BCUT2D eigenvalue weighted by Crippen LogP contribution is 2.29. The van der Waals surface area contributed by atoms with E-state index in [0.29, 0.717) is 37.6 Å². The number of rotatable bonds is 3. The number of carbonyl (C=O) groups is 2. The zero-order chi connectivity index (χ0) is 20.5. The maximum absolute atomic E-state index is 12.6. The van der Waals surface area contributed by atoms with Crippen LogP contribution in [-0.2, 0) is 17.4 Å². The summed E-state index contributed by atoms with van der Waals surface area (Å²) in [5.74, 6) is 0.199. The quantitative estimate of drug-likeness (QED) is 0.802. The molecule has 0 radical (unpaired) electrons. The molecule has 1 saturated heterocycles. The van der Waals surface area contributed by atoms with E-state index < -0.39 is 11.7 Å². The van der Waals surface area contributed by atoms with Crippen LogP contribution in [0.1, 0.15) is 32.9 Å². The van der Waals surface area contributed by atoms with Gasteiger partial charge in [-0.05, 0) is 38.1 Å². The van der Waals surface area contributed by atoms with Crippen LogP contribution < -0.4 is 0 Å². The molecule has 0 saturated carbocycles. The van der Waals surface area contributed by atoms with Crippen molar-refractivity contribution in [2.45, 2.75) is 26.4 Å². The van der Waals surface area contributed by atoms with Crippen LogP contribution >= 0.6 is 0 Å². The Balaban J connectivity index is 1.57. The van der Waals surface area contributed by atoms with Gasteiger partial charge in [0, 0.05) is 37.3 Å². The number of benzene rings is 1. The number of halogens is 3. The summed E-state index contributed by atoms with van der Waals surface area (Å²) in [4.78, 5) is 28.2. The molecule has 2 aromatic rings. The van der Waals surface area contributed by atoms with E-state index >= 15 is 0 Å². The number of aryl methyl sites for hydroxylation is 2. The number of alkyl halides is 3. The topological polar surface area (TPSA) is 66.7 Å². The van der Waals surface area contributed by atoms with Crippen molar-refractivity contribution in [1.29, 1.82) is 0 Å². The van der Waals surface area contributed by atoms with Gasteiger partial charge in [-0.15, -0.1) is 0 Å². The molecule has 3 rings (SSSR count). The monoisotopic (exact) mass is 395 g/mol. The standard InChI is InChI=1S/C19H20F3N3O3/c1-12-16(13(2)28-23-12)11-17(26)24-7-9-25(10-8-24)18(27)14-3-5-15(6-4-14)19(20,21)22/h3-6H,7-11H2,1-2H3. The zero-order valence-corrected chi connectivity index (χ0v) is 15.5. The van der Waals surface area contributed by atoms with Crippen LogP contribution in [0.25, 0.3) is 0 Å². The number of carbonyl (C=O) groups excluding carboxylic acids is 2. The minimum Gasteiger partial charge on any atom is -0.361 e. The summed E-state index contributed by atoms with van der Waals surface area (Å²) in [6, 6.07) is 4.16. The molecule has 2 heterocycles. The predicted octanol–water partition coefficient (Wildman–Crippen LogP) is 2.84. The smallest absolute Gasteiger partial charge is 0.361 e. The zero-order valence-electron chi connectivity index (χ0n) is 15.5. The molecular formula is C19H20F3N3O3. The van der Waals surface area contributed by atoms with E-state index in [4.69, 9.17) is 4.52 Å². The summed E-state index contributed by atoms with van der Waals surface area (Å²) in [5, 5.41) is 3.84. The third-order valence-corrected chi connectivity index (χ3v) is 4.89. The molecule has 0 aliphatic carbocycles. The first kappa shape index (κ1) is 19.9. The molecule has 0 atom stereocenters. The lowest BCUT2D eigenvalue weighted by molar-refractivity contribution is -0.137. The van der Waals surface area contributed by atoms with E-state index in [9.17, 15) is 22.8 Å². The van der Waals surface area contributed by atoms with Crippen molar-refractivity contribution < 1.29 is 27.3 Å². The second-order valence-electron chi connectivity index (χ2n) is 6.73. The van der Waals surface area contributed by atoms with E-state index in [1.165, 1.54) is 12.1 Å². The number of amides is 2. The molecule has 1 aliphatic heterocycles. The molecule has 28 heavy (non-hydrogen) atoms. The van der Waals surface area contributed by atoms with Crippen LogP contribution in [0.2, 0.25) is 0 Å². The molecule has 1 aromatic heterocycles. The van der Waals surface area contributed by atoms with Gasteiger partial charge in [-0.1, -0.05) is 5.16 Å². The molecule has 6 nitrogen and oxygen atoms in total. The van der Waals surface area contributed by atoms with Crippen molar-refractivity contribution in [2.75, 3.05) is 26.2 Å². The van der Waals surface area contributed by atoms with Gasteiger partial charge >= 0.3 is 6.18 Å². The van der Waals surface area contributed by atoms with Crippen molar-refractivity contribution >= 4 is 11.8 Å². The number of nitrogens with zero attached hydrogens (tertiary/aromatic N) is 3. The van der Waals surface area contributed by atoms with Crippen molar-refractivity contribution in [2.24, 2.45) is 0 Å². The first-order valence-electron chi connectivity index (χ1n) is 8.83. The van der Waals surface area contributed by atoms with E-state index in [2.05, 4.69) is 5.16 Å². The summed E-state index contributed by atoms with van der Waals surface area (Å²) >= 11 is 0. The lowest BCUT2D eigenvalue weighted by Gasteiger charge is -2.35. The summed E-state index contributed by atoms with van der Waals surface area (Å²) in [5.41, 5.74) is 0.859. The van der Waals surface area contributed by atoms with Crippen LogP contribution in [0.5, 0.6) is 0 Å². The fraction of sp³-hybridized carbons (Fsp3) is 0.421. The lowest BCUT2D eigenvalue weighted by Crippen LogP contribution is -2.51. The summed E-state index contributed by atoms with van der Waals surface area (Å²) < 4.78 is 43.0. The summed E-state index contributed by atoms with van der Waals surface area (Å²) in [6.07, 6.45) is -4.25. The molecule has 0 spiro atoms. The van der Waals surface area contributed by atoms with Gasteiger partial charge in [-0.2, -0.15) is 13.2 Å². The largest absolute Gasteiger partial charge is 0.416 e. The highest BCUT2D eigenvalue weighted by atomic mass is 19.4. The summed E-state index contributed by atoms with van der Waals surface area (Å²) in [6.45, 7) is 4.92. The van der Waals surface area contributed by atoms with Crippen LogP contribution in [0.15, 0.2) is 28.8 Å². The lowest BCUT2D eigenvalue weighted by atomic mass is 10.1. The number of aromatic nitrogens is 1. The van der Waals surface area contributed by atoms with Gasteiger partial charge in [-0.25, -0.2) is 0 Å². The number of piperazine rings is 1. The average molecular weight is 395 g/mol. The highest BCUT2D eigenvalue weighted by Gasteiger charge is 2.31. The molecule has 1 aliphatic rings. The van der Waals surface area contributed by atoms with Crippen molar-refractivity contribution in [1.82, 2.24) is 15.0 Å². The van der Waals surface area contributed by atoms with Crippen molar-refractivity contribution in [3.8, 4) is 0 Å². The van der Waals surface area contributed by atoms with Crippen LogP contribution in [0.3, 0.4) is 0 Å². The Bertz CT molecular complexity index is 847. The molecule has 1 aromatic carbocycles. The van der Waals surface area contributed by atoms with E-state index in [1.54, 1.807) is 23.6 Å². The number of hydrogen-bond acceptors (Lipinski definition) is 4. The second-order valence-corrected chi connectivity index (χ2v) is 6.73. The Morgan fingerprint density at radius 2 is 1.61 bits per heavy atom. The van der Waals surface area contributed by atoms with Gasteiger partial charge in [0.2, 0.25) is 5.91 Å². The van der Waals surface area contributed by atoms with E-state index in [-0.39, 0.29) is 23.8 Å². The Kier molecular flexibility index (Phi) is 5.44. The maximum atomic E-state index is 12.6. The Labute approximate surface area is 159 Å². The molecule has 150 valence electrons. The molecule has 2 amide bonds.